The largest absolute Gasteiger partial charge is 0.320 e. The molecule has 0 saturated heterocycles. The molecular weight excluding hydrogens is 474 g/mol. The molecule has 3 heteroatoms. The van der Waals surface area contributed by atoms with Crippen molar-refractivity contribution in [2.24, 2.45) is 0 Å². The molecule has 0 unspecified atom stereocenters. The smallest absolute Gasteiger partial charge is 0.0488 e. The standard InChI is InChI=1S/C36H33N3/c1-22-31-13-7-10-16-37(31)25(4)34(22)28-19-29(35-23(2)32-14-8-11-17-38(32)26(35)5)21-30(20-28)36-24(3)33-15-9-12-18-39(33)27(36)6/h7-21H,1-6H3. The molecule has 0 fully saturated rings. The first-order valence-electron chi connectivity index (χ1n) is 13.7. The molecule has 0 aliphatic heterocycles. The van der Waals surface area contributed by atoms with Crippen LogP contribution in [0.3, 0.4) is 0 Å². The van der Waals surface area contributed by atoms with Gasteiger partial charge in [0, 0.05) is 68.9 Å². The summed E-state index contributed by atoms with van der Waals surface area (Å²) in [6, 6.07) is 26.6. The Morgan fingerprint density at radius 2 is 0.667 bits per heavy atom. The van der Waals surface area contributed by atoms with Crippen LogP contribution in [-0.2, 0) is 0 Å². The highest BCUT2D eigenvalue weighted by Gasteiger charge is 2.21. The zero-order valence-corrected chi connectivity index (χ0v) is 23.5. The maximum Gasteiger partial charge on any atom is 0.0488 e. The van der Waals surface area contributed by atoms with Crippen LogP contribution >= 0.6 is 0 Å². The molecule has 1 aromatic carbocycles. The Balaban J connectivity index is 1.59. The molecule has 0 N–H and O–H groups in total. The molecule has 7 rings (SSSR count). The van der Waals surface area contributed by atoms with Gasteiger partial charge in [0.2, 0.25) is 0 Å². The summed E-state index contributed by atoms with van der Waals surface area (Å²) in [6.07, 6.45) is 6.53. The predicted molar refractivity (Wildman–Crippen MR) is 164 cm³/mol. The number of fused-ring (bicyclic) bond motifs is 3. The van der Waals surface area contributed by atoms with E-state index in [1.165, 1.54) is 83.7 Å². The molecule has 0 aliphatic rings. The van der Waals surface area contributed by atoms with Gasteiger partial charge in [0.25, 0.3) is 0 Å². The van der Waals surface area contributed by atoms with Gasteiger partial charge in [-0.2, -0.15) is 0 Å². The van der Waals surface area contributed by atoms with Gasteiger partial charge in [0.05, 0.1) is 0 Å². The number of aryl methyl sites for hydroxylation is 6. The molecule has 3 nitrogen and oxygen atoms in total. The third kappa shape index (κ3) is 3.29. The SMILES string of the molecule is Cc1c(-c2cc(-c3c(C)c4ccccn4c3C)cc(-c3c(C)c4ccccn4c3C)c2)c(C)n2ccccc12. The fraction of sp³-hybridized carbons (Fsp3) is 0.167. The molecule has 0 atom stereocenters. The number of benzene rings is 1. The van der Waals surface area contributed by atoms with Gasteiger partial charge < -0.3 is 13.2 Å². The summed E-state index contributed by atoms with van der Waals surface area (Å²) in [7, 11) is 0. The van der Waals surface area contributed by atoms with Gasteiger partial charge in [-0.3, -0.25) is 0 Å². The van der Waals surface area contributed by atoms with E-state index >= 15 is 0 Å². The zero-order valence-electron chi connectivity index (χ0n) is 23.5. The Hall–Kier alpha value is -4.50. The average molecular weight is 508 g/mol. The second-order valence-electron chi connectivity index (χ2n) is 10.9. The summed E-state index contributed by atoms with van der Waals surface area (Å²) in [5.74, 6) is 0. The van der Waals surface area contributed by atoms with Gasteiger partial charge >= 0.3 is 0 Å². The van der Waals surface area contributed by atoms with Crippen LogP contribution in [0.25, 0.3) is 49.9 Å². The van der Waals surface area contributed by atoms with Crippen LogP contribution in [0.1, 0.15) is 33.8 Å². The summed E-state index contributed by atoms with van der Waals surface area (Å²) < 4.78 is 6.97. The van der Waals surface area contributed by atoms with Crippen LogP contribution in [0.5, 0.6) is 0 Å². The van der Waals surface area contributed by atoms with Crippen molar-refractivity contribution in [2.75, 3.05) is 0 Å². The van der Waals surface area contributed by atoms with E-state index in [4.69, 9.17) is 0 Å². The zero-order chi connectivity index (χ0) is 27.0. The van der Waals surface area contributed by atoms with Gasteiger partial charge in [-0.1, -0.05) is 18.2 Å². The van der Waals surface area contributed by atoms with Crippen LogP contribution in [-0.4, -0.2) is 13.2 Å². The number of pyridine rings is 3. The lowest BCUT2D eigenvalue weighted by Crippen LogP contribution is -1.92. The topological polar surface area (TPSA) is 13.2 Å². The summed E-state index contributed by atoms with van der Waals surface area (Å²) in [6.45, 7) is 13.5. The van der Waals surface area contributed by atoms with Crippen LogP contribution < -0.4 is 0 Å². The van der Waals surface area contributed by atoms with Crippen molar-refractivity contribution < 1.29 is 0 Å². The van der Waals surface area contributed by atoms with Crippen molar-refractivity contribution in [2.45, 2.75) is 41.5 Å². The first kappa shape index (κ1) is 23.6. The summed E-state index contributed by atoms with van der Waals surface area (Å²) in [5.41, 5.74) is 19.4. The lowest BCUT2D eigenvalue weighted by molar-refractivity contribution is 1.11. The number of nitrogens with zero attached hydrogens (tertiary/aromatic N) is 3. The van der Waals surface area contributed by atoms with Crippen molar-refractivity contribution in [3.8, 4) is 33.4 Å². The maximum atomic E-state index is 2.41. The van der Waals surface area contributed by atoms with E-state index in [1.54, 1.807) is 0 Å². The highest BCUT2D eigenvalue weighted by atomic mass is 14.9. The van der Waals surface area contributed by atoms with Gasteiger partial charge in [-0.05, 0) is 130 Å². The molecule has 0 spiro atoms. The number of rotatable bonds is 3. The van der Waals surface area contributed by atoms with Crippen molar-refractivity contribution in [1.29, 1.82) is 0 Å². The molecule has 0 aliphatic carbocycles. The van der Waals surface area contributed by atoms with Gasteiger partial charge in [-0.15, -0.1) is 0 Å². The molecule has 39 heavy (non-hydrogen) atoms. The van der Waals surface area contributed by atoms with Gasteiger partial charge in [0.1, 0.15) is 0 Å². The third-order valence-corrected chi connectivity index (χ3v) is 8.83. The summed E-state index contributed by atoms with van der Waals surface area (Å²) in [5, 5.41) is 0. The van der Waals surface area contributed by atoms with Crippen LogP contribution in [0, 0.1) is 41.5 Å². The van der Waals surface area contributed by atoms with E-state index in [0.717, 1.165) is 0 Å². The summed E-state index contributed by atoms with van der Waals surface area (Å²) >= 11 is 0. The van der Waals surface area contributed by atoms with Crippen molar-refractivity contribution in [3.63, 3.8) is 0 Å². The molecule has 0 bridgehead atoms. The lowest BCUT2D eigenvalue weighted by Gasteiger charge is -2.13. The Bertz CT molecular complexity index is 1710. The third-order valence-electron chi connectivity index (χ3n) is 8.83. The first-order valence-corrected chi connectivity index (χ1v) is 13.7. The van der Waals surface area contributed by atoms with Gasteiger partial charge in [0.15, 0.2) is 0 Å². The molecular formula is C36H33N3. The van der Waals surface area contributed by atoms with Crippen LogP contribution in [0.15, 0.2) is 91.4 Å². The second kappa shape index (κ2) is 8.51. The summed E-state index contributed by atoms with van der Waals surface area (Å²) in [4.78, 5) is 0. The minimum atomic E-state index is 1.26. The Labute approximate surface area is 229 Å². The molecule has 192 valence electrons. The normalized spacial score (nSPS) is 11.8. The van der Waals surface area contributed by atoms with E-state index in [0.29, 0.717) is 0 Å². The highest BCUT2D eigenvalue weighted by Crippen LogP contribution is 2.42. The van der Waals surface area contributed by atoms with E-state index in [1.807, 2.05) is 0 Å². The van der Waals surface area contributed by atoms with E-state index in [2.05, 4.69) is 146 Å². The minimum Gasteiger partial charge on any atom is -0.320 e. The van der Waals surface area contributed by atoms with Gasteiger partial charge in [-0.25, -0.2) is 0 Å². The minimum absolute atomic E-state index is 1.26. The fourth-order valence-electron chi connectivity index (χ4n) is 7.02. The monoisotopic (exact) mass is 507 g/mol. The molecule has 7 aromatic rings. The Kier molecular flexibility index (Phi) is 5.15. The second-order valence-corrected chi connectivity index (χ2v) is 10.9. The van der Waals surface area contributed by atoms with E-state index < -0.39 is 0 Å². The number of aromatic nitrogens is 3. The van der Waals surface area contributed by atoms with E-state index in [-0.39, 0.29) is 0 Å². The van der Waals surface area contributed by atoms with Crippen LogP contribution in [0.2, 0.25) is 0 Å². The maximum absolute atomic E-state index is 2.41. The highest BCUT2D eigenvalue weighted by molar-refractivity contribution is 5.91. The first-order chi connectivity index (χ1) is 18.9. The predicted octanol–water partition coefficient (Wildman–Crippen LogP) is 9.30. The molecule has 0 saturated carbocycles. The molecule has 6 heterocycles. The Morgan fingerprint density at radius 3 is 0.923 bits per heavy atom. The fourth-order valence-corrected chi connectivity index (χ4v) is 7.02. The van der Waals surface area contributed by atoms with Crippen LogP contribution in [0.4, 0.5) is 0 Å². The van der Waals surface area contributed by atoms with E-state index in [9.17, 15) is 0 Å². The van der Waals surface area contributed by atoms with Crippen molar-refractivity contribution in [1.82, 2.24) is 13.2 Å². The molecule has 0 amide bonds. The Morgan fingerprint density at radius 1 is 0.385 bits per heavy atom. The average Bonchev–Trinajstić information content (AvgIpc) is 3.48. The van der Waals surface area contributed by atoms with Crippen molar-refractivity contribution in [3.05, 3.63) is 125 Å². The number of hydrogen-bond donors (Lipinski definition) is 0. The molecule has 6 aromatic heterocycles. The quantitative estimate of drug-likeness (QED) is 0.226. The van der Waals surface area contributed by atoms with Crippen molar-refractivity contribution >= 4 is 16.6 Å². The lowest BCUT2D eigenvalue weighted by atomic mass is 9.90. The number of hydrogen-bond acceptors (Lipinski definition) is 0. The molecule has 0 radical (unpaired) electrons.